The molecule has 4 nitrogen and oxygen atoms in total. The average molecular weight is 286 g/mol. The minimum absolute atomic E-state index is 0.271. The Labute approximate surface area is 100.0 Å². The number of benzene rings is 1. The van der Waals surface area contributed by atoms with E-state index in [1.165, 1.54) is 18.2 Å². The monoisotopic (exact) mass is 285 g/mol. The Bertz CT molecular complexity index is 459. The van der Waals surface area contributed by atoms with Gasteiger partial charge >= 0.3 is 0 Å². The highest BCUT2D eigenvalue weighted by molar-refractivity contribution is 9.10. The third-order valence-electron chi connectivity index (χ3n) is 1.63. The maximum absolute atomic E-state index is 13.2. The van der Waals surface area contributed by atoms with Gasteiger partial charge in [-0.15, -0.1) is 0 Å². The Morgan fingerprint density at radius 2 is 2.25 bits per heavy atom. The highest BCUT2D eigenvalue weighted by atomic mass is 79.9. The number of amides is 1. The summed E-state index contributed by atoms with van der Waals surface area (Å²) in [6.07, 6.45) is 2.41. The number of nitrogens with one attached hydrogen (secondary N) is 2. The zero-order valence-corrected chi connectivity index (χ0v) is 9.71. The summed E-state index contributed by atoms with van der Waals surface area (Å²) in [5.74, 6) is -1.47. The average Bonchev–Trinajstić information content (AvgIpc) is 2.18. The molecule has 1 amide bonds. The van der Waals surface area contributed by atoms with Crippen LogP contribution in [0.25, 0.3) is 6.08 Å². The molecule has 0 aliphatic heterocycles. The summed E-state index contributed by atoms with van der Waals surface area (Å²) < 4.78 is 13.9. The van der Waals surface area contributed by atoms with Crippen LogP contribution in [0.4, 0.5) is 4.39 Å². The lowest BCUT2D eigenvalue weighted by Gasteiger charge is -1.98. The van der Waals surface area contributed by atoms with Crippen LogP contribution in [0.3, 0.4) is 0 Å². The predicted octanol–water partition coefficient (Wildman–Crippen LogP) is 1.61. The number of carbonyl (C=O) groups excluding carboxylic acids is 1. The summed E-state index contributed by atoms with van der Waals surface area (Å²) >= 11 is 3.19. The fourth-order valence-electron chi connectivity index (χ4n) is 0.982. The Kier molecular flexibility index (Phi) is 4.19. The number of carbonyl (C=O) groups is 1. The van der Waals surface area contributed by atoms with Crippen molar-refractivity contribution in [1.29, 1.82) is 5.41 Å². The lowest BCUT2D eigenvalue weighted by molar-refractivity contribution is -0.115. The van der Waals surface area contributed by atoms with Crippen molar-refractivity contribution in [3.05, 3.63) is 40.1 Å². The highest BCUT2D eigenvalue weighted by Crippen LogP contribution is 2.16. The van der Waals surface area contributed by atoms with Gasteiger partial charge in [-0.25, -0.2) is 4.39 Å². The van der Waals surface area contributed by atoms with Crippen molar-refractivity contribution in [2.45, 2.75) is 0 Å². The molecule has 0 saturated carbocycles. The zero-order valence-electron chi connectivity index (χ0n) is 8.13. The zero-order chi connectivity index (χ0) is 12.1. The fraction of sp³-hybridized carbons (Fsp3) is 0. The van der Waals surface area contributed by atoms with E-state index in [1.54, 1.807) is 6.07 Å². The van der Waals surface area contributed by atoms with Gasteiger partial charge in [-0.1, -0.05) is 15.9 Å². The van der Waals surface area contributed by atoms with Crippen LogP contribution in [-0.4, -0.2) is 11.9 Å². The molecule has 1 aromatic carbocycles. The first kappa shape index (κ1) is 12.4. The Morgan fingerprint density at radius 1 is 1.56 bits per heavy atom. The van der Waals surface area contributed by atoms with E-state index in [0.717, 1.165) is 6.08 Å². The van der Waals surface area contributed by atoms with E-state index >= 15 is 0 Å². The summed E-state index contributed by atoms with van der Waals surface area (Å²) in [6, 6.07) is 4.38. The molecule has 0 heterocycles. The highest BCUT2D eigenvalue weighted by Gasteiger charge is 2.00. The molecule has 6 heteroatoms. The van der Waals surface area contributed by atoms with Crippen molar-refractivity contribution in [1.82, 2.24) is 5.32 Å². The molecule has 4 N–H and O–H groups in total. The number of hydrogen-bond donors (Lipinski definition) is 3. The van der Waals surface area contributed by atoms with Gasteiger partial charge in [-0.3, -0.25) is 15.5 Å². The van der Waals surface area contributed by atoms with Gasteiger partial charge in [-0.2, -0.15) is 0 Å². The molecule has 84 valence electrons. The van der Waals surface area contributed by atoms with Gasteiger partial charge in [-0.05, 0) is 24.3 Å². The van der Waals surface area contributed by atoms with Gasteiger partial charge in [0.25, 0.3) is 5.91 Å². The van der Waals surface area contributed by atoms with Crippen LogP contribution in [0.2, 0.25) is 0 Å². The molecule has 0 fully saturated rings. The molecular formula is C10H9BrFN3O. The molecular weight excluding hydrogens is 277 g/mol. The SMILES string of the molecule is N=C(N)NC(=O)/C=C/c1cc(Br)ccc1F. The molecule has 0 spiro atoms. The van der Waals surface area contributed by atoms with Gasteiger partial charge in [0.15, 0.2) is 5.96 Å². The second-order valence-electron chi connectivity index (χ2n) is 2.90. The van der Waals surface area contributed by atoms with Gasteiger partial charge in [0.1, 0.15) is 5.82 Å². The van der Waals surface area contributed by atoms with Crippen molar-refractivity contribution in [3.8, 4) is 0 Å². The van der Waals surface area contributed by atoms with Crippen LogP contribution in [0.1, 0.15) is 5.56 Å². The Morgan fingerprint density at radius 3 is 2.88 bits per heavy atom. The second kappa shape index (κ2) is 5.41. The second-order valence-corrected chi connectivity index (χ2v) is 3.82. The topological polar surface area (TPSA) is 79.0 Å². The maximum Gasteiger partial charge on any atom is 0.250 e. The molecule has 0 aliphatic carbocycles. The van der Waals surface area contributed by atoms with E-state index < -0.39 is 17.7 Å². The number of rotatable bonds is 2. The van der Waals surface area contributed by atoms with E-state index in [-0.39, 0.29) is 5.56 Å². The molecule has 16 heavy (non-hydrogen) atoms. The Balaban J connectivity index is 2.79. The molecule has 0 saturated heterocycles. The smallest absolute Gasteiger partial charge is 0.250 e. The van der Waals surface area contributed by atoms with Gasteiger partial charge in [0.05, 0.1) is 0 Å². The molecule has 1 rings (SSSR count). The molecule has 0 radical (unpaired) electrons. The number of hydrogen-bond acceptors (Lipinski definition) is 2. The lowest BCUT2D eigenvalue weighted by atomic mass is 10.2. The van der Waals surface area contributed by atoms with Crippen LogP contribution < -0.4 is 11.1 Å². The first-order valence-corrected chi connectivity index (χ1v) is 5.06. The van der Waals surface area contributed by atoms with Gasteiger partial charge in [0, 0.05) is 16.1 Å². The third kappa shape index (κ3) is 3.82. The van der Waals surface area contributed by atoms with Crippen LogP contribution in [0.5, 0.6) is 0 Å². The number of guanidine groups is 1. The maximum atomic E-state index is 13.2. The van der Waals surface area contributed by atoms with Crippen molar-refractivity contribution >= 4 is 33.9 Å². The lowest BCUT2D eigenvalue weighted by Crippen LogP contribution is -2.34. The van der Waals surface area contributed by atoms with Crippen molar-refractivity contribution < 1.29 is 9.18 Å². The van der Waals surface area contributed by atoms with Crippen molar-refractivity contribution in [2.24, 2.45) is 5.73 Å². The minimum Gasteiger partial charge on any atom is -0.370 e. The van der Waals surface area contributed by atoms with Crippen LogP contribution in [0.15, 0.2) is 28.7 Å². The first-order chi connectivity index (χ1) is 7.49. The fourth-order valence-corrected chi connectivity index (χ4v) is 1.36. The standard InChI is InChI=1S/C10H9BrFN3O/c11-7-2-3-8(12)6(5-7)1-4-9(16)15-10(13)14/h1-5H,(H4,13,14,15,16)/b4-1+. The van der Waals surface area contributed by atoms with Crippen LogP contribution in [0, 0.1) is 11.2 Å². The molecule has 0 unspecified atom stereocenters. The van der Waals surface area contributed by atoms with Crippen LogP contribution in [-0.2, 0) is 4.79 Å². The normalized spacial score (nSPS) is 10.4. The van der Waals surface area contributed by atoms with E-state index in [2.05, 4.69) is 15.9 Å². The van der Waals surface area contributed by atoms with E-state index in [0.29, 0.717) is 4.47 Å². The quantitative estimate of drug-likeness (QED) is 0.439. The first-order valence-electron chi connectivity index (χ1n) is 4.27. The summed E-state index contributed by atoms with van der Waals surface area (Å²) in [6.45, 7) is 0. The van der Waals surface area contributed by atoms with Crippen molar-refractivity contribution in [3.63, 3.8) is 0 Å². The number of halogens is 2. The summed E-state index contributed by atoms with van der Waals surface area (Å²) in [5.41, 5.74) is 5.22. The summed E-state index contributed by atoms with van der Waals surface area (Å²) in [4.78, 5) is 11.1. The molecule has 1 aromatic rings. The Hall–Kier alpha value is -1.69. The van der Waals surface area contributed by atoms with E-state index in [1.807, 2.05) is 5.32 Å². The van der Waals surface area contributed by atoms with E-state index in [9.17, 15) is 9.18 Å². The largest absolute Gasteiger partial charge is 0.370 e. The third-order valence-corrected chi connectivity index (χ3v) is 2.12. The van der Waals surface area contributed by atoms with Crippen molar-refractivity contribution in [2.75, 3.05) is 0 Å². The minimum atomic E-state index is -0.577. The number of nitrogens with two attached hydrogens (primary N) is 1. The van der Waals surface area contributed by atoms with Gasteiger partial charge in [0.2, 0.25) is 0 Å². The summed E-state index contributed by atoms with van der Waals surface area (Å²) in [5, 5.41) is 8.86. The van der Waals surface area contributed by atoms with E-state index in [4.69, 9.17) is 11.1 Å². The van der Waals surface area contributed by atoms with Gasteiger partial charge < -0.3 is 5.73 Å². The predicted molar refractivity (Wildman–Crippen MR) is 63.2 cm³/mol. The molecule has 0 aliphatic rings. The molecule has 0 atom stereocenters. The molecule has 0 aromatic heterocycles. The van der Waals surface area contributed by atoms with Crippen LogP contribution >= 0.6 is 15.9 Å². The summed E-state index contributed by atoms with van der Waals surface area (Å²) in [7, 11) is 0. The molecule has 0 bridgehead atoms.